The van der Waals surface area contributed by atoms with E-state index in [1.807, 2.05) is 0 Å². The molecule has 1 spiro atoms. The second kappa shape index (κ2) is 7.29. The van der Waals surface area contributed by atoms with Gasteiger partial charge in [-0.05, 0) is 61.5 Å². The molecule has 2 amide bonds. The summed E-state index contributed by atoms with van der Waals surface area (Å²) in [4.78, 5) is 26.4. The van der Waals surface area contributed by atoms with Crippen LogP contribution in [0.4, 0.5) is 0 Å². The average molecular weight is 369 g/mol. The number of benzene rings is 1. The summed E-state index contributed by atoms with van der Waals surface area (Å²) in [5, 5.41) is 3.09. The largest absolute Gasteiger partial charge is 0.351 e. The van der Waals surface area contributed by atoms with Gasteiger partial charge >= 0.3 is 0 Å². The zero-order chi connectivity index (χ0) is 19.0. The Hall–Kier alpha value is -1.84. The summed E-state index contributed by atoms with van der Waals surface area (Å²) in [6.07, 6.45) is 6.47. The molecule has 0 radical (unpaired) electrons. The lowest BCUT2D eigenvalue weighted by Crippen LogP contribution is -2.57. The minimum atomic E-state index is -0.0490. The second-order valence-corrected chi connectivity index (χ2v) is 9.38. The molecule has 1 saturated carbocycles. The smallest absolute Gasteiger partial charge is 0.225 e. The summed E-state index contributed by atoms with van der Waals surface area (Å²) in [5.41, 5.74) is 2.82. The molecule has 0 aromatic heterocycles. The number of hydrogen-bond acceptors (Lipinski definition) is 2. The molecule has 0 bridgehead atoms. The van der Waals surface area contributed by atoms with Crippen molar-refractivity contribution in [1.82, 2.24) is 10.2 Å². The van der Waals surface area contributed by atoms with Crippen molar-refractivity contribution in [3.05, 3.63) is 35.4 Å². The highest BCUT2D eigenvalue weighted by molar-refractivity contribution is 5.83. The summed E-state index contributed by atoms with van der Waals surface area (Å²) in [7, 11) is 0. The van der Waals surface area contributed by atoms with Crippen molar-refractivity contribution in [3.63, 3.8) is 0 Å². The van der Waals surface area contributed by atoms with E-state index >= 15 is 0 Å². The molecule has 4 rings (SSSR count). The van der Waals surface area contributed by atoms with Crippen LogP contribution >= 0.6 is 0 Å². The van der Waals surface area contributed by atoms with Gasteiger partial charge in [-0.25, -0.2) is 0 Å². The third kappa shape index (κ3) is 3.90. The maximum absolute atomic E-state index is 12.8. The van der Waals surface area contributed by atoms with Crippen LogP contribution in [0.3, 0.4) is 0 Å². The highest BCUT2D eigenvalue weighted by Gasteiger charge is 2.51. The van der Waals surface area contributed by atoms with Gasteiger partial charge in [-0.2, -0.15) is 0 Å². The number of amides is 2. The van der Waals surface area contributed by atoms with Crippen LogP contribution in [-0.4, -0.2) is 35.3 Å². The Labute approximate surface area is 162 Å². The molecule has 0 atom stereocenters. The Morgan fingerprint density at radius 1 is 1.26 bits per heavy atom. The van der Waals surface area contributed by atoms with Crippen LogP contribution in [0.15, 0.2) is 24.3 Å². The maximum atomic E-state index is 12.8. The van der Waals surface area contributed by atoms with Crippen molar-refractivity contribution >= 4 is 11.8 Å². The number of nitrogens with one attached hydrogen (secondary N) is 1. The van der Waals surface area contributed by atoms with Crippen molar-refractivity contribution in [1.29, 1.82) is 0 Å². The van der Waals surface area contributed by atoms with Crippen molar-refractivity contribution in [3.8, 4) is 0 Å². The van der Waals surface area contributed by atoms with Gasteiger partial charge in [0.25, 0.3) is 0 Å². The lowest BCUT2D eigenvalue weighted by Gasteiger charge is -2.46. The van der Waals surface area contributed by atoms with E-state index in [0.29, 0.717) is 24.2 Å². The van der Waals surface area contributed by atoms with Gasteiger partial charge in [0.1, 0.15) is 0 Å². The minimum absolute atomic E-state index is 0.0490. The summed E-state index contributed by atoms with van der Waals surface area (Å²) < 4.78 is 0. The van der Waals surface area contributed by atoms with Gasteiger partial charge in [-0.1, -0.05) is 38.1 Å². The van der Waals surface area contributed by atoms with Crippen LogP contribution in [-0.2, 0) is 16.0 Å². The fourth-order valence-corrected chi connectivity index (χ4v) is 5.27. The van der Waals surface area contributed by atoms with E-state index < -0.39 is 0 Å². The fourth-order valence-electron chi connectivity index (χ4n) is 5.27. The van der Waals surface area contributed by atoms with Crippen LogP contribution in [0.2, 0.25) is 0 Å². The quantitative estimate of drug-likeness (QED) is 0.882. The first-order chi connectivity index (χ1) is 12.9. The van der Waals surface area contributed by atoms with Crippen LogP contribution in [0.1, 0.15) is 69.4 Å². The molecule has 1 N–H and O–H groups in total. The zero-order valence-corrected chi connectivity index (χ0v) is 16.7. The van der Waals surface area contributed by atoms with Gasteiger partial charge in [0.15, 0.2) is 0 Å². The molecule has 146 valence electrons. The van der Waals surface area contributed by atoms with Crippen molar-refractivity contribution < 1.29 is 9.59 Å². The Morgan fingerprint density at radius 3 is 2.63 bits per heavy atom. The molecular formula is C23H32N2O2. The molecule has 1 aromatic rings. The molecule has 3 aliphatic rings. The topological polar surface area (TPSA) is 49.4 Å². The molecule has 1 aliphatic carbocycles. The number of carbonyl (C=O) groups excluding carboxylic acids is 2. The third-order valence-corrected chi connectivity index (χ3v) is 6.73. The van der Waals surface area contributed by atoms with E-state index in [1.54, 1.807) is 0 Å². The van der Waals surface area contributed by atoms with E-state index in [2.05, 4.69) is 48.3 Å². The van der Waals surface area contributed by atoms with Gasteiger partial charge in [0.2, 0.25) is 11.8 Å². The first-order valence-corrected chi connectivity index (χ1v) is 10.6. The van der Waals surface area contributed by atoms with E-state index in [1.165, 1.54) is 11.1 Å². The van der Waals surface area contributed by atoms with Crippen molar-refractivity contribution in [2.45, 2.75) is 70.3 Å². The van der Waals surface area contributed by atoms with Gasteiger partial charge in [0, 0.05) is 31.0 Å². The van der Waals surface area contributed by atoms with Crippen LogP contribution < -0.4 is 5.32 Å². The Morgan fingerprint density at radius 2 is 2.00 bits per heavy atom. The number of rotatable bonds is 4. The van der Waals surface area contributed by atoms with E-state index in [0.717, 1.165) is 51.6 Å². The molecule has 2 aliphatic heterocycles. The monoisotopic (exact) mass is 368 g/mol. The number of piperidine rings is 1. The lowest BCUT2D eigenvalue weighted by atomic mass is 9.67. The van der Waals surface area contributed by atoms with Crippen LogP contribution in [0.5, 0.6) is 0 Å². The van der Waals surface area contributed by atoms with Gasteiger partial charge < -0.3 is 10.2 Å². The predicted octanol–water partition coefficient (Wildman–Crippen LogP) is 3.65. The molecule has 4 heteroatoms. The Bertz CT molecular complexity index is 713. The number of carbonyl (C=O) groups is 2. The molecule has 27 heavy (non-hydrogen) atoms. The maximum Gasteiger partial charge on any atom is 0.225 e. The van der Waals surface area contributed by atoms with E-state index in [4.69, 9.17) is 0 Å². The van der Waals surface area contributed by atoms with E-state index in [-0.39, 0.29) is 17.4 Å². The third-order valence-electron chi connectivity index (χ3n) is 6.73. The molecule has 1 aromatic carbocycles. The first-order valence-electron chi connectivity index (χ1n) is 10.6. The number of nitrogens with zero attached hydrogens (tertiary/aromatic N) is 1. The normalized spacial score (nSPS) is 28.5. The fraction of sp³-hybridized carbons (Fsp3) is 0.652. The van der Waals surface area contributed by atoms with Crippen LogP contribution in [0, 0.1) is 11.8 Å². The molecular weight excluding hydrogens is 336 g/mol. The molecule has 0 unspecified atom stereocenters. The van der Waals surface area contributed by atoms with Crippen LogP contribution in [0.25, 0.3) is 0 Å². The highest BCUT2D eigenvalue weighted by Crippen LogP contribution is 2.45. The van der Waals surface area contributed by atoms with Gasteiger partial charge in [0.05, 0.1) is 0 Å². The second-order valence-electron chi connectivity index (χ2n) is 9.38. The standard InChI is InChI=1S/C23H32N2O2/c1-16(2)12-17-4-3-5-19(13-17)18-7-10-25(11-8-18)22(27)20-14-23(15-20)9-6-21(26)24-23/h3-5,13,16,18,20H,6-12,14-15H2,1-2H3,(H,24,26). The minimum Gasteiger partial charge on any atom is -0.351 e. The number of likely N-dealkylation sites (tertiary alicyclic amines) is 1. The molecule has 3 fully saturated rings. The summed E-state index contributed by atoms with van der Waals surface area (Å²) in [6, 6.07) is 9.05. The first kappa shape index (κ1) is 18.5. The van der Waals surface area contributed by atoms with Gasteiger partial charge in [-0.3, -0.25) is 9.59 Å². The Kier molecular flexibility index (Phi) is 5.00. The summed E-state index contributed by atoms with van der Waals surface area (Å²) >= 11 is 0. The summed E-state index contributed by atoms with van der Waals surface area (Å²) in [5.74, 6) is 1.84. The zero-order valence-electron chi connectivity index (χ0n) is 16.7. The van der Waals surface area contributed by atoms with Crippen molar-refractivity contribution in [2.24, 2.45) is 11.8 Å². The SMILES string of the molecule is CC(C)Cc1cccc(C2CCN(C(=O)C3CC4(CCC(=O)N4)C3)CC2)c1. The highest BCUT2D eigenvalue weighted by atomic mass is 16.2. The van der Waals surface area contributed by atoms with Gasteiger partial charge in [-0.15, -0.1) is 0 Å². The predicted molar refractivity (Wildman–Crippen MR) is 106 cm³/mol. The molecule has 2 saturated heterocycles. The van der Waals surface area contributed by atoms with E-state index in [9.17, 15) is 9.59 Å². The van der Waals surface area contributed by atoms with Crippen molar-refractivity contribution in [2.75, 3.05) is 13.1 Å². The average Bonchev–Trinajstić information content (AvgIpc) is 3.02. The molecule has 2 heterocycles. The summed E-state index contributed by atoms with van der Waals surface area (Å²) in [6.45, 7) is 6.26. The molecule has 4 nitrogen and oxygen atoms in total. The Balaban J connectivity index is 1.29. The number of hydrogen-bond donors (Lipinski definition) is 1. The lowest BCUT2D eigenvalue weighted by molar-refractivity contribution is -0.142.